The van der Waals surface area contributed by atoms with Crippen LogP contribution in [-0.2, 0) is 21.5 Å². The van der Waals surface area contributed by atoms with Gasteiger partial charge in [-0.05, 0) is 54.8 Å². The summed E-state index contributed by atoms with van der Waals surface area (Å²) in [4.78, 5) is 24.8. The van der Waals surface area contributed by atoms with Gasteiger partial charge >= 0.3 is 10.1 Å². The van der Waals surface area contributed by atoms with Crippen LogP contribution in [0.4, 0.5) is 5.69 Å². The van der Waals surface area contributed by atoms with E-state index in [4.69, 9.17) is 8.92 Å². The largest absolute Gasteiger partial charge is 0.493 e. The van der Waals surface area contributed by atoms with E-state index in [-0.39, 0.29) is 35.7 Å². The van der Waals surface area contributed by atoms with E-state index in [1.807, 2.05) is 13.8 Å². The Balaban J connectivity index is 2.25. The van der Waals surface area contributed by atoms with Gasteiger partial charge in [-0.2, -0.15) is 8.42 Å². The number of carbonyl (C=O) groups is 1. The van der Waals surface area contributed by atoms with E-state index in [2.05, 4.69) is 0 Å². The number of hydrogen-bond acceptors (Lipinski definition) is 7. The van der Waals surface area contributed by atoms with Crippen molar-refractivity contribution in [2.24, 2.45) is 0 Å². The number of hydrogen-bond donors (Lipinski definition) is 0. The van der Waals surface area contributed by atoms with Gasteiger partial charge in [-0.3, -0.25) is 14.9 Å². The minimum absolute atomic E-state index is 0.0265. The Hall–Kier alpha value is -3.40. The van der Waals surface area contributed by atoms with Gasteiger partial charge in [-0.25, -0.2) is 0 Å². The summed E-state index contributed by atoms with van der Waals surface area (Å²) in [7, 11) is -2.35. The monoisotopic (exact) mass is 462 g/mol. The van der Waals surface area contributed by atoms with Crippen molar-refractivity contribution in [3.8, 4) is 11.5 Å². The van der Waals surface area contributed by atoms with Crippen LogP contribution in [0.1, 0.15) is 31.4 Å². The molecule has 0 spiro atoms. The molecule has 0 saturated heterocycles. The fourth-order valence-corrected chi connectivity index (χ4v) is 3.34. The van der Waals surface area contributed by atoms with Gasteiger partial charge in [0.1, 0.15) is 0 Å². The van der Waals surface area contributed by atoms with Gasteiger partial charge in [0, 0.05) is 30.8 Å². The van der Waals surface area contributed by atoms with Crippen LogP contribution < -0.4 is 8.92 Å². The van der Waals surface area contributed by atoms with Crippen molar-refractivity contribution in [1.82, 2.24) is 4.90 Å². The maximum atomic E-state index is 12.9. The van der Waals surface area contributed by atoms with Gasteiger partial charge < -0.3 is 13.8 Å². The Labute approximate surface area is 187 Å². The summed E-state index contributed by atoms with van der Waals surface area (Å²) in [5.74, 6) is 0.0585. The Morgan fingerprint density at radius 2 is 1.84 bits per heavy atom. The van der Waals surface area contributed by atoms with Gasteiger partial charge in [-0.1, -0.05) is 13.0 Å². The molecule has 1 atom stereocenters. The third-order valence-corrected chi connectivity index (χ3v) is 5.23. The minimum Gasteiger partial charge on any atom is -0.493 e. The number of nitrogens with zero attached hydrogens (tertiary/aromatic N) is 2. The lowest BCUT2D eigenvalue weighted by Gasteiger charge is -2.28. The summed E-state index contributed by atoms with van der Waals surface area (Å²) in [5, 5.41) is 10.8. The fraction of sp³-hybridized carbons (Fsp3) is 0.318. The molecule has 0 aliphatic heterocycles. The van der Waals surface area contributed by atoms with Crippen LogP contribution >= 0.6 is 0 Å². The average molecular weight is 463 g/mol. The number of rotatable bonds is 10. The summed E-state index contributed by atoms with van der Waals surface area (Å²) in [6.07, 6.45) is 4.65. The lowest BCUT2D eigenvalue weighted by atomic mass is 10.1. The Kier molecular flexibility index (Phi) is 8.36. The van der Waals surface area contributed by atoms with Crippen molar-refractivity contribution in [2.45, 2.75) is 32.9 Å². The molecule has 2 aromatic carbocycles. The predicted octanol–water partition coefficient (Wildman–Crippen LogP) is 3.78. The third-order valence-electron chi connectivity index (χ3n) is 4.75. The molecule has 2 aromatic rings. The molecule has 0 N–H and O–H groups in total. The highest BCUT2D eigenvalue weighted by Gasteiger charge is 2.19. The van der Waals surface area contributed by atoms with Gasteiger partial charge in [-0.15, -0.1) is 0 Å². The number of carbonyl (C=O) groups excluding carboxylic acids is 1. The van der Waals surface area contributed by atoms with E-state index in [1.165, 1.54) is 31.4 Å². The van der Waals surface area contributed by atoms with Gasteiger partial charge in [0.15, 0.2) is 11.5 Å². The molecular formula is C22H26N2O7S. The van der Waals surface area contributed by atoms with Crippen molar-refractivity contribution in [3.63, 3.8) is 0 Å². The van der Waals surface area contributed by atoms with Crippen LogP contribution in [0, 0.1) is 10.1 Å². The standard InChI is InChI=1S/C22H26N2O7S/c1-5-16(2)23(22(25)13-9-17-6-10-19(11-7-17)24(26)27)15-18-8-12-20(30-3)21(14-18)31-32(4,28)29/h6-14,16H,5,15H2,1-4H3. The summed E-state index contributed by atoms with van der Waals surface area (Å²) in [5.41, 5.74) is 1.30. The van der Waals surface area contributed by atoms with Crippen molar-refractivity contribution in [3.05, 3.63) is 69.8 Å². The van der Waals surface area contributed by atoms with E-state index < -0.39 is 15.0 Å². The molecule has 1 amide bonds. The lowest BCUT2D eigenvalue weighted by molar-refractivity contribution is -0.384. The first-order chi connectivity index (χ1) is 15.0. The number of nitro benzene ring substituents is 1. The van der Waals surface area contributed by atoms with Crippen molar-refractivity contribution >= 4 is 27.8 Å². The Bertz CT molecular complexity index is 1100. The number of benzene rings is 2. The topological polar surface area (TPSA) is 116 Å². The molecule has 0 bridgehead atoms. The van der Waals surface area contributed by atoms with Crippen LogP contribution in [0.15, 0.2) is 48.5 Å². The molecule has 0 fully saturated rings. The summed E-state index contributed by atoms with van der Waals surface area (Å²) < 4.78 is 33.3. The lowest BCUT2D eigenvalue weighted by Crippen LogP contribution is -2.36. The van der Waals surface area contributed by atoms with Crippen LogP contribution in [0.25, 0.3) is 6.08 Å². The maximum Gasteiger partial charge on any atom is 0.306 e. The first-order valence-electron chi connectivity index (χ1n) is 9.83. The molecule has 1 unspecified atom stereocenters. The zero-order chi connectivity index (χ0) is 23.9. The van der Waals surface area contributed by atoms with Crippen LogP contribution in [0.3, 0.4) is 0 Å². The second-order valence-electron chi connectivity index (χ2n) is 7.18. The third kappa shape index (κ3) is 7.09. The molecule has 10 heteroatoms. The molecular weight excluding hydrogens is 436 g/mol. The van der Waals surface area contributed by atoms with E-state index in [1.54, 1.807) is 35.2 Å². The Morgan fingerprint density at radius 1 is 1.19 bits per heavy atom. The summed E-state index contributed by atoms with van der Waals surface area (Å²) >= 11 is 0. The molecule has 0 aromatic heterocycles. The maximum absolute atomic E-state index is 12.9. The molecule has 0 aliphatic carbocycles. The van der Waals surface area contributed by atoms with Gasteiger partial charge in [0.25, 0.3) is 5.69 Å². The van der Waals surface area contributed by atoms with E-state index in [0.717, 1.165) is 6.26 Å². The van der Waals surface area contributed by atoms with Gasteiger partial charge in [0.2, 0.25) is 5.91 Å². The average Bonchev–Trinajstić information content (AvgIpc) is 2.74. The molecule has 172 valence electrons. The minimum atomic E-state index is -3.75. The van der Waals surface area contributed by atoms with Crippen molar-refractivity contribution in [1.29, 1.82) is 0 Å². The van der Waals surface area contributed by atoms with Crippen molar-refractivity contribution < 1.29 is 27.1 Å². The molecule has 0 radical (unpaired) electrons. The van der Waals surface area contributed by atoms with Crippen LogP contribution in [-0.4, -0.2) is 43.6 Å². The molecule has 0 saturated carbocycles. The highest BCUT2D eigenvalue weighted by molar-refractivity contribution is 7.86. The normalized spacial score (nSPS) is 12.4. The van der Waals surface area contributed by atoms with E-state index in [9.17, 15) is 23.3 Å². The molecule has 0 heterocycles. The van der Waals surface area contributed by atoms with E-state index in [0.29, 0.717) is 17.5 Å². The number of amides is 1. The molecule has 9 nitrogen and oxygen atoms in total. The predicted molar refractivity (Wildman–Crippen MR) is 121 cm³/mol. The first kappa shape index (κ1) is 24.9. The second kappa shape index (κ2) is 10.8. The number of non-ortho nitro benzene ring substituents is 1. The van der Waals surface area contributed by atoms with E-state index >= 15 is 0 Å². The molecule has 0 aliphatic rings. The molecule has 32 heavy (non-hydrogen) atoms. The highest BCUT2D eigenvalue weighted by atomic mass is 32.2. The van der Waals surface area contributed by atoms with Crippen molar-refractivity contribution in [2.75, 3.05) is 13.4 Å². The SMILES string of the molecule is CCC(C)N(Cc1ccc(OC)c(OS(C)(=O)=O)c1)C(=O)C=Cc1ccc([N+](=O)[O-])cc1. The fourth-order valence-electron chi connectivity index (χ4n) is 2.89. The zero-order valence-electron chi connectivity index (χ0n) is 18.3. The van der Waals surface area contributed by atoms with Crippen LogP contribution in [0.5, 0.6) is 11.5 Å². The smallest absolute Gasteiger partial charge is 0.306 e. The van der Waals surface area contributed by atoms with Crippen LogP contribution in [0.2, 0.25) is 0 Å². The zero-order valence-corrected chi connectivity index (χ0v) is 19.2. The molecule has 2 rings (SSSR count). The summed E-state index contributed by atoms with van der Waals surface area (Å²) in [6, 6.07) is 10.6. The number of methoxy groups -OCH3 is 1. The summed E-state index contributed by atoms with van der Waals surface area (Å²) in [6.45, 7) is 4.09. The highest BCUT2D eigenvalue weighted by Crippen LogP contribution is 2.30. The quantitative estimate of drug-likeness (QED) is 0.228. The number of ether oxygens (including phenoxy) is 1. The van der Waals surface area contributed by atoms with Gasteiger partial charge in [0.05, 0.1) is 18.3 Å². The number of nitro groups is 1. The first-order valence-corrected chi connectivity index (χ1v) is 11.6. The second-order valence-corrected chi connectivity index (χ2v) is 8.75. The Morgan fingerprint density at radius 3 is 2.38 bits per heavy atom.